The lowest BCUT2D eigenvalue weighted by Gasteiger charge is -2.14. The number of hydrogen-bond acceptors (Lipinski definition) is 6. The highest BCUT2D eigenvalue weighted by Crippen LogP contribution is 2.27. The summed E-state index contributed by atoms with van der Waals surface area (Å²) in [4.78, 5) is 24.9. The van der Waals surface area contributed by atoms with Crippen LogP contribution in [0.4, 0.5) is 5.69 Å². The summed E-state index contributed by atoms with van der Waals surface area (Å²) in [7, 11) is -1.02. The molecule has 0 aliphatic heterocycles. The summed E-state index contributed by atoms with van der Waals surface area (Å²) in [6.07, 6.45) is 1.83. The van der Waals surface area contributed by atoms with E-state index >= 15 is 0 Å². The summed E-state index contributed by atoms with van der Waals surface area (Å²) in [5, 5.41) is 2.53. The minimum Gasteiger partial charge on any atom is -0.452 e. The monoisotopic (exact) mass is 442 g/mol. The first-order valence-corrected chi connectivity index (χ1v) is 11.0. The van der Waals surface area contributed by atoms with Crippen molar-refractivity contribution in [2.45, 2.75) is 9.79 Å². The van der Waals surface area contributed by atoms with Crippen LogP contribution in [0.25, 0.3) is 0 Å². The first kappa shape index (κ1) is 22.2. The van der Waals surface area contributed by atoms with E-state index in [4.69, 9.17) is 16.3 Å². The summed E-state index contributed by atoms with van der Waals surface area (Å²) >= 11 is 7.36. The van der Waals surface area contributed by atoms with Gasteiger partial charge in [0.2, 0.25) is 10.0 Å². The van der Waals surface area contributed by atoms with E-state index in [-0.39, 0.29) is 15.6 Å². The van der Waals surface area contributed by atoms with Gasteiger partial charge in [-0.3, -0.25) is 4.79 Å². The van der Waals surface area contributed by atoms with E-state index in [1.165, 1.54) is 44.1 Å². The van der Waals surface area contributed by atoms with Gasteiger partial charge in [-0.25, -0.2) is 17.5 Å². The number of amides is 1. The lowest BCUT2D eigenvalue weighted by Crippen LogP contribution is -2.23. The number of halogens is 1. The van der Waals surface area contributed by atoms with Crippen LogP contribution in [-0.2, 0) is 19.6 Å². The van der Waals surface area contributed by atoms with Gasteiger partial charge >= 0.3 is 5.97 Å². The number of rotatable bonds is 7. The maximum atomic E-state index is 12.3. The van der Waals surface area contributed by atoms with Crippen LogP contribution in [0.5, 0.6) is 0 Å². The number of carbonyl (C=O) groups excluding carboxylic acids is 2. The Morgan fingerprint density at radius 3 is 2.50 bits per heavy atom. The van der Waals surface area contributed by atoms with Gasteiger partial charge in [0.1, 0.15) is 4.90 Å². The fourth-order valence-electron chi connectivity index (χ4n) is 2.19. The van der Waals surface area contributed by atoms with Gasteiger partial charge < -0.3 is 10.1 Å². The molecule has 0 aromatic heterocycles. The number of sulfonamides is 1. The van der Waals surface area contributed by atoms with Gasteiger partial charge in [-0.2, -0.15) is 0 Å². The van der Waals surface area contributed by atoms with Gasteiger partial charge in [-0.05, 0) is 36.6 Å². The van der Waals surface area contributed by atoms with Crippen molar-refractivity contribution in [1.29, 1.82) is 0 Å². The van der Waals surface area contributed by atoms with Crippen LogP contribution < -0.4 is 5.32 Å². The summed E-state index contributed by atoms with van der Waals surface area (Å²) in [5.41, 5.74) is 0.587. The molecule has 2 aromatic carbocycles. The maximum Gasteiger partial charge on any atom is 0.339 e. The lowest BCUT2D eigenvalue weighted by atomic mass is 10.2. The highest BCUT2D eigenvalue weighted by atomic mass is 35.5. The van der Waals surface area contributed by atoms with Crippen molar-refractivity contribution in [2.75, 3.05) is 32.3 Å². The Balaban J connectivity index is 2.07. The van der Waals surface area contributed by atoms with Gasteiger partial charge in [-0.15, -0.1) is 11.8 Å². The van der Waals surface area contributed by atoms with Gasteiger partial charge in [0, 0.05) is 24.7 Å². The van der Waals surface area contributed by atoms with Crippen molar-refractivity contribution < 1.29 is 22.7 Å². The molecule has 2 rings (SSSR count). The molecule has 7 nitrogen and oxygen atoms in total. The van der Waals surface area contributed by atoms with Crippen molar-refractivity contribution >= 4 is 50.9 Å². The minimum absolute atomic E-state index is 0.0341. The highest BCUT2D eigenvalue weighted by Gasteiger charge is 2.21. The van der Waals surface area contributed by atoms with Crippen LogP contribution in [0.3, 0.4) is 0 Å². The fourth-order valence-corrected chi connectivity index (χ4v) is 4.17. The molecule has 1 N–H and O–H groups in total. The molecule has 1 amide bonds. The molecule has 0 atom stereocenters. The number of ether oxygens (including phenoxy) is 1. The van der Waals surface area contributed by atoms with E-state index in [1.807, 2.05) is 6.26 Å². The maximum absolute atomic E-state index is 12.3. The summed E-state index contributed by atoms with van der Waals surface area (Å²) in [5.74, 6) is -1.22. The van der Waals surface area contributed by atoms with E-state index in [0.717, 1.165) is 9.20 Å². The standard InChI is InChI=1S/C18H19ClN2O5S2/c1-21(2)28(24,25)16-10-12(8-9-14(16)19)20-17(22)11-26-18(23)13-6-4-5-7-15(13)27-3/h4-10H,11H2,1-3H3,(H,20,22). The SMILES string of the molecule is CSc1ccccc1C(=O)OCC(=O)Nc1ccc(Cl)c(S(=O)(=O)N(C)C)c1. The average molecular weight is 443 g/mol. The molecular formula is C18H19ClN2O5S2. The minimum atomic E-state index is -3.77. The zero-order valence-corrected chi connectivity index (χ0v) is 17.8. The molecule has 0 unspecified atom stereocenters. The van der Waals surface area contributed by atoms with Gasteiger partial charge in [0.25, 0.3) is 5.91 Å². The predicted molar refractivity (Wildman–Crippen MR) is 109 cm³/mol. The summed E-state index contributed by atoms with van der Waals surface area (Å²) < 4.78 is 30.6. The Morgan fingerprint density at radius 1 is 1.18 bits per heavy atom. The molecule has 0 spiro atoms. The number of anilines is 1. The van der Waals surface area contributed by atoms with E-state index < -0.39 is 28.5 Å². The number of thioether (sulfide) groups is 1. The number of nitrogens with one attached hydrogen (secondary N) is 1. The van der Waals surface area contributed by atoms with Gasteiger partial charge in [0.15, 0.2) is 6.61 Å². The molecule has 0 bridgehead atoms. The molecule has 0 aliphatic carbocycles. The molecule has 0 radical (unpaired) electrons. The lowest BCUT2D eigenvalue weighted by molar-refractivity contribution is -0.119. The number of nitrogens with zero attached hydrogens (tertiary/aromatic N) is 1. The zero-order valence-electron chi connectivity index (χ0n) is 15.4. The summed E-state index contributed by atoms with van der Waals surface area (Å²) in [6, 6.07) is 11.0. The Labute approximate surface area is 173 Å². The third-order valence-corrected chi connectivity index (χ3v) is 6.73. The number of benzene rings is 2. The molecule has 2 aromatic rings. The third-order valence-electron chi connectivity index (χ3n) is 3.63. The molecular weight excluding hydrogens is 424 g/mol. The molecule has 0 saturated carbocycles. The molecule has 0 aliphatic rings. The Kier molecular flexibility index (Phi) is 7.48. The molecule has 0 fully saturated rings. The molecule has 0 heterocycles. The van der Waals surface area contributed by atoms with Crippen molar-refractivity contribution in [3.8, 4) is 0 Å². The zero-order chi connectivity index (χ0) is 20.9. The smallest absolute Gasteiger partial charge is 0.339 e. The topological polar surface area (TPSA) is 92.8 Å². The van der Waals surface area contributed by atoms with Gasteiger partial charge in [0.05, 0.1) is 10.6 Å². The van der Waals surface area contributed by atoms with Crippen LogP contribution in [0.15, 0.2) is 52.3 Å². The van der Waals surface area contributed by atoms with Crippen molar-refractivity contribution in [2.24, 2.45) is 0 Å². The van der Waals surface area contributed by atoms with Crippen LogP contribution >= 0.6 is 23.4 Å². The van der Waals surface area contributed by atoms with Crippen LogP contribution in [0.2, 0.25) is 5.02 Å². The van der Waals surface area contributed by atoms with E-state index in [9.17, 15) is 18.0 Å². The second kappa shape index (κ2) is 9.42. The Morgan fingerprint density at radius 2 is 1.86 bits per heavy atom. The quantitative estimate of drug-likeness (QED) is 0.523. The number of carbonyl (C=O) groups is 2. The Hall–Kier alpha value is -2.07. The van der Waals surface area contributed by atoms with E-state index in [0.29, 0.717) is 5.56 Å². The fraction of sp³-hybridized carbons (Fsp3) is 0.222. The molecule has 28 heavy (non-hydrogen) atoms. The molecule has 10 heteroatoms. The van der Waals surface area contributed by atoms with Crippen LogP contribution in [0.1, 0.15) is 10.4 Å². The average Bonchev–Trinajstić information content (AvgIpc) is 2.67. The first-order valence-electron chi connectivity index (χ1n) is 7.99. The van der Waals surface area contributed by atoms with Crippen LogP contribution in [0, 0.1) is 0 Å². The van der Waals surface area contributed by atoms with Crippen LogP contribution in [-0.4, -0.2) is 51.6 Å². The normalized spacial score (nSPS) is 11.3. The predicted octanol–water partition coefficient (Wildman–Crippen LogP) is 3.11. The largest absolute Gasteiger partial charge is 0.452 e. The third kappa shape index (κ3) is 5.26. The van der Waals surface area contributed by atoms with Gasteiger partial charge in [-0.1, -0.05) is 23.7 Å². The molecule has 0 saturated heterocycles. The van der Waals surface area contributed by atoms with Crippen molar-refractivity contribution in [3.05, 3.63) is 53.1 Å². The van der Waals surface area contributed by atoms with E-state index in [2.05, 4.69) is 5.32 Å². The Bertz CT molecular complexity index is 993. The number of esters is 1. The first-order chi connectivity index (χ1) is 13.2. The highest BCUT2D eigenvalue weighted by molar-refractivity contribution is 7.98. The van der Waals surface area contributed by atoms with E-state index in [1.54, 1.807) is 24.3 Å². The van der Waals surface area contributed by atoms with Crippen molar-refractivity contribution in [3.63, 3.8) is 0 Å². The number of hydrogen-bond donors (Lipinski definition) is 1. The second-order valence-corrected chi connectivity index (χ2v) is 9.13. The van der Waals surface area contributed by atoms with Crippen molar-refractivity contribution in [1.82, 2.24) is 4.31 Å². The molecule has 150 valence electrons. The second-order valence-electron chi connectivity index (χ2n) is 5.76. The summed E-state index contributed by atoms with van der Waals surface area (Å²) in [6.45, 7) is -0.514.